The molecule has 4 aliphatic carbocycles. The van der Waals surface area contributed by atoms with Crippen molar-refractivity contribution in [3.63, 3.8) is 0 Å². The number of carbonyl (C=O) groups is 1. The molecule has 6 atom stereocenters. The van der Waals surface area contributed by atoms with E-state index in [1.807, 2.05) is 36.4 Å². The zero-order valence-electron chi connectivity index (χ0n) is 18.2. The molecule has 0 radical (unpaired) electrons. The van der Waals surface area contributed by atoms with Crippen LogP contribution < -0.4 is 5.32 Å². The van der Waals surface area contributed by atoms with E-state index >= 15 is 0 Å². The summed E-state index contributed by atoms with van der Waals surface area (Å²) in [6.45, 7) is 0. The molecule has 4 saturated carbocycles. The lowest BCUT2D eigenvalue weighted by atomic mass is 9.52. The van der Waals surface area contributed by atoms with E-state index in [1.165, 1.54) is 0 Å². The number of benzene rings is 2. The molecule has 1 aliphatic heterocycles. The standard InChI is InChI=1S/C27H30N2O3/c30-26(28-25-20-11-17-12-21(25)16-27(31,14-17)15-20)23-13-22(29-32-23)24(18-7-3-1-4-8-18)19-9-5-2-6-10-19/h1-10,17,20-21,23-25,31H,11-16H2,(H,28,30)/t17?,20-,21+,23-,25?,27?/m1/s1. The van der Waals surface area contributed by atoms with Gasteiger partial charge in [0.2, 0.25) is 6.10 Å². The van der Waals surface area contributed by atoms with E-state index in [2.05, 4.69) is 34.7 Å². The third-order valence-corrected chi connectivity index (χ3v) is 8.13. The molecule has 2 N–H and O–H groups in total. The Morgan fingerprint density at radius 3 is 2.12 bits per heavy atom. The van der Waals surface area contributed by atoms with Crippen molar-refractivity contribution in [2.24, 2.45) is 22.9 Å². The Labute approximate surface area is 188 Å². The van der Waals surface area contributed by atoms with Crippen LogP contribution in [0.1, 0.15) is 55.6 Å². The van der Waals surface area contributed by atoms with Crippen molar-refractivity contribution in [1.29, 1.82) is 0 Å². The van der Waals surface area contributed by atoms with Gasteiger partial charge in [0.15, 0.2) is 0 Å². The lowest BCUT2D eigenvalue weighted by molar-refractivity contribution is -0.151. The van der Waals surface area contributed by atoms with Crippen molar-refractivity contribution >= 4 is 11.6 Å². The number of carbonyl (C=O) groups excluding carboxylic acids is 1. The van der Waals surface area contributed by atoms with Crippen molar-refractivity contribution in [3.05, 3.63) is 71.8 Å². The lowest BCUT2D eigenvalue weighted by Crippen LogP contribution is -2.62. The van der Waals surface area contributed by atoms with Gasteiger partial charge >= 0.3 is 0 Å². The van der Waals surface area contributed by atoms with Crippen LogP contribution in [0, 0.1) is 17.8 Å². The number of amides is 1. The van der Waals surface area contributed by atoms with Crippen molar-refractivity contribution in [2.45, 2.75) is 62.2 Å². The van der Waals surface area contributed by atoms with Crippen molar-refractivity contribution in [3.8, 4) is 0 Å². The molecule has 0 aromatic heterocycles. The normalized spacial score (nSPS) is 34.9. The van der Waals surface area contributed by atoms with Gasteiger partial charge in [0, 0.05) is 12.5 Å². The Morgan fingerprint density at radius 1 is 0.969 bits per heavy atom. The van der Waals surface area contributed by atoms with Gasteiger partial charge in [-0.2, -0.15) is 0 Å². The van der Waals surface area contributed by atoms with E-state index in [-0.39, 0.29) is 17.9 Å². The second-order valence-electron chi connectivity index (χ2n) is 10.4. The highest BCUT2D eigenvalue weighted by Crippen LogP contribution is 2.55. The van der Waals surface area contributed by atoms with Crippen molar-refractivity contribution < 1.29 is 14.7 Å². The zero-order valence-corrected chi connectivity index (χ0v) is 18.2. The van der Waals surface area contributed by atoms with Crippen LogP contribution in [0.2, 0.25) is 0 Å². The minimum Gasteiger partial charge on any atom is -0.390 e. The smallest absolute Gasteiger partial charge is 0.264 e. The van der Waals surface area contributed by atoms with Gasteiger partial charge in [-0.1, -0.05) is 65.8 Å². The van der Waals surface area contributed by atoms with Crippen LogP contribution in [0.4, 0.5) is 0 Å². The molecule has 5 heteroatoms. The largest absolute Gasteiger partial charge is 0.390 e. The second-order valence-corrected chi connectivity index (χ2v) is 10.4. The average molecular weight is 431 g/mol. The van der Waals surface area contributed by atoms with E-state index in [9.17, 15) is 9.90 Å². The zero-order chi connectivity index (χ0) is 21.7. The Balaban J connectivity index is 1.17. The van der Waals surface area contributed by atoms with E-state index in [1.54, 1.807) is 0 Å². The topological polar surface area (TPSA) is 70.9 Å². The van der Waals surface area contributed by atoms with Crippen molar-refractivity contribution in [1.82, 2.24) is 5.32 Å². The van der Waals surface area contributed by atoms with E-state index in [0.717, 1.165) is 48.9 Å². The average Bonchev–Trinajstić information content (AvgIpc) is 3.27. The summed E-state index contributed by atoms with van der Waals surface area (Å²) in [5.41, 5.74) is 2.70. The van der Waals surface area contributed by atoms with Crippen LogP contribution in [-0.2, 0) is 9.63 Å². The summed E-state index contributed by atoms with van der Waals surface area (Å²) >= 11 is 0. The van der Waals surface area contributed by atoms with Gasteiger partial charge in [-0.25, -0.2) is 0 Å². The highest BCUT2D eigenvalue weighted by Gasteiger charge is 2.55. The fourth-order valence-corrected chi connectivity index (χ4v) is 7.05. The van der Waals surface area contributed by atoms with Gasteiger partial charge in [0.05, 0.1) is 17.2 Å². The summed E-state index contributed by atoms with van der Waals surface area (Å²) in [6.07, 6.45) is 4.76. The number of oxime groups is 1. The van der Waals surface area contributed by atoms with Crippen LogP contribution in [0.15, 0.2) is 65.8 Å². The summed E-state index contributed by atoms with van der Waals surface area (Å²) in [6, 6.07) is 20.7. The molecule has 2 aromatic rings. The first-order chi connectivity index (χ1) is 15.6. The van der Waals surface area contributed by atoms with E-state index in [4.69, 9.17) is 4.84 Å². The first-order valence-electron chi connectivity index (χ1n) is 11.9. The third-order valence-electron chi connectivity index (χ3n) is 8.13. The van der Waals surface area contributed by atoms with Crippen molar-refractivity contribution in [2.75, 3.05) is 0 Å². The number of nitrogens with zero attached hydrogens (tertiary/aromatic N) is 1. The summed E-state index contributed by atoms with van der Waals surface area (Å²) in [5.74, 6) is 1.32. The Bertz CT molecular complexity index is 966. The summed E-state index contributed by atoms with van der Waals surface area (Å²) in [4.78, 5) is 18.9. The van der Waals surface area contributed by atoms with Crippen LogP contribution in [0.3, 0.4) is 0 Å². The molecule has 5 nitrogen and oxygen atoms in total. The first-order valence-corrected chi connectivity index (χ1v) is 11.9. The number of hydrogen-bond donors (Lipinski definition) is 2. The maximum absolute atomic E-state index is 13.2. The van der Waals surface area contributed by atoms with Gasteiger partial charge in [0.1, 0.15) is 0 Å². The molecule has 1 heterocycles. The van der Waals surface area contributed by atoms with Gasteiger partial charge in [-0.3, -0.25) is 4.79 Å². The molecule has 1 amide bonds. The minimum atomic E-state index is -0.583. The molecule has 32 heavy (non-hydrogen) atoms. The van der Waals surface area contributed by atoms with E-state index in [0.29, 0.717) is 24.2 Å². The Kier molecular flexibility index (Phi) is 4.83. The van der Waals surface area contributed by atoms with Gasteiger partial charge < -0.3 is 15.3 Å². The second kappa shape index (κ2) is 7.73. The first kappa shape index (κ1) is 20.0. The minimum absolute atomic E-state index is 0.0226. The third kappa shape index (κ3) is 3.53. The fraction of sp³-hybridized carbons (Fsp3) is 0.481. The summed E-state index contributed by atoms with van der Waals surface area (Å²) < 4.78 is 0. The molecule has 7 rings (SSSR count). The predicted octanol–water partition coefficient (Wildman–Crippen LogP) is 4.02. The molecule has 0 spiro atoms. The van der Waals surface area contributed by atoms with Crippen LogP contribution in [0.5, 0.6) is 0 Å². The molecule has 4 bridgehead atoms. The predicted molar refractivity (Wildman–Crippen MR) is 122 cm³/mol. The molecular formula is C27H30N2O3. The fourth-order valence-electron chi connectivity index (χ4n) is 7.05. The monoisotopic (exact) mass is 430 g/mol. The molecule has 4 fully saturated rings. The molecular weight excluding hydrogens is 400 g/mol. The summed E-state index contributed by atoms with van der Waals surface area (Å²) in [5, 5.41) is 18.5. The van der Waals surface area contributed by atoms with Gasteiger partial charge in [-0.05, 0) is 61.0 Å². The lowest BCUT2D eigenvalue weighted by Gasteiger charge is -2.58. The summed E-state index contributed by atoms with van der Waals surface area (Å²) in [7, 11) is 0. The Morgan fingerprint density at radius 2 is 1.56 bits per heavy atom. The number of hydrogen-bond acceptors (Lipinski definition) is 4. The quantitative estimate of drug-likeness (QED) is 0.753. The molecule has 0 saturated heterocycles. The van der Waals surface area contributed by atoms with Gasteiger partial charge in [-0.15, -0.1) is 0 Å². The highest BCUT2D eigenvalue weighted by atomic mass is 16.6. The SMILES string of the molecule is O=C(NC1[C@@H]2CC3C[C@H]1CC(O)(C3)C2)[C@H]1CC(C(c2ccccc2)c2ccccc2)=NO1. The number of rotatable bonds is 5. The van der Waals surface area contributed by atoms with Crippen LogP contribution in [0.25, 0.3) is 0 Å². The Hall–Kier alpha value is -2.66. The van der Waals surface area contributed by atoms with Crippen LogP contribution >= 0.6 is 0 Å². The molecule has 5 aliphatic rings. The van der Waals surface area contributed by atoms with Crippen LogP contribution in [-0.4, -0.2) is 34.5 Å². The van der Waals surface area contributed by atoms with Gasteiger partial charge in [0.25, 0.3) is 5.91 Å². The molecule has 166 valence electrons. The maximum Gasteiger partial charge on any atom is 0.264 e. The maximum atomic E-state index is 13.2. The molecule has 2 aromatic carbocycles. The highest BCUT2D eigenvalue weighted by molar-refractivity contribution is 5.98. The van der Waals surface area contributed by atoms with E-state index < -0.39 is 11.7 Å². The number of nitrogens with one attached hydrogen (secondary N) is 1. The number of aliphatic hydroxyl groups is 1. The molecule has 3 unspecified atom stereocenters.